The number of rotatable bonds is 7. The summed E-state index contributed by atoms with van der Waals surface area (Å²) in [5.74, 6) is 1.73. The maximum Gasteiger partial charge on any atom is 0.123 e. The molecule has 0 spiro atoms. The normalized spacial score (nSPS) is 12.2. The lowest BCUT2D eigenvalue weighted by molar-refractivity contribution is 0.389. The molecule has 0 aliphatic carbocycles. The van der Waals surface area contributed by atoms with Gasteiger partial charge in [-0.2, -0.15) is 0 Å². The topological polar surface area (TPSA) is 30.5 Å². The van der Waals surface area contributed by atoms with E-state index in [-0.39, 0.29) is 6.04 Å². The SMILES string of the molecule is CCNC(Cc1sccc1Br)c1cc(OC)ccc1OC. The summed E-state index contributed by atoms with van der Waals surface area (Å²) in [6.45, 7) is 3.01. The van der Waals surface area contributed by atoms with Gasteiger partial charge in [-0.3, -0.25) is 0 Å². The molecule has 1 aromatic carbocycles. The first-order valence-electron chi connectivity index (χ1n) is 6.86. The predicted octanol–water partition coefficient (Wildman–Crippen LogP) is 4.42. The second-order valence-corrected chi connectivity index (χ2v) is 6.47. The van der Waals surface area contributed by atoms with Crippen molar-refractivity contribution in [3.63, 3.8) is 0 Å². The Kier molecular flexibility index (Phi) is 6.08. The van der Waals surface area contributed by atoms with Crippen LogP contribution in [0.1, 0.15) is 23.4 Å². The highest BCUT2D eigenvalue weighted by molar-refractivity contribution is 9.10. The van der Waals surface area contributed by atoms with Crippen molar-refractivity contribution >= 4 is 27.3 Å². The van der Waals surface area contributed by atoms with E-state index in [9.17, 15) is 0 Å². The molecule has 0 bridgehead atoms. The summed E-state index contributed by atoms with van der Waals surface area (Å²) in [6, 6.07) is 8.21. The quantitative estimate of drug-likeness (QED) is 0.783. The van der Waals surface area contributed by atoms with Crippen LogP contribution in [0.3, 0.4) is 0 Å². The summed E-state index contributed by atoms with van der Waals surface area (Å²) in [4.78, 5) is 1.32. The van der Waals surface area contributed by atoms with Crippen LogP contribution < -0.4 is 14.8 Å². The van der Waals surface area contributed by atoms with Gasteiger partial charge in [0.1, 0.15) is 11.5 Å². The Balaban J connectivity index is 2.34. The molecule has 0 saturated carbocycles. The molecule has 1 atom stereocenters. The van der Waals surface area contributed by atoms with Gasteiger partial charge in [0, 0.05) is 27.4 Å². The third kappa shape index (κ3) is 3.99. The van der Waals surface area contributed by atoms with E-state index in [0.29, 0.717) is 0 Å². The summed E-state index contributed by atoms with van der Waals surface area (Å²) in [5, 5.41) is 5.64. The summed E-state index contributed by atoms with van der Waals surface area (Å²) in [5.41, 5.74) is 1.12. The van der Waals surface area contributed by atoms with Crippen molar-refractivity contribution in [3.05, 3.63) is 44.6 Å². The van der Waals surface area contributed by atoms with Gasteiger partial charge in [0.2, 0.25) is 0 Å². The van der Waals surface area contributed by atoms with Gasteiger partial charge in [-0.1, -0.05) is 6.92 Å². The molecule has 3 nitrogen and oxygen atoms in total. The fraction of sp³-hybridized carbons (Fsp3) is 0.375. The minimum atomic E-state index is 0.190. The number of halogens is 1. The lowest BCUT2D eigenvalue weighted by Gasteiger charge is -2.21. The standard InChI is InChI=1S/C16H20BrNO2S/c1-4-18-14(10-16-13(17)7-8-21-16)12-9-11(19-2)5-6-15(12)20-3/h5-9,14,18H,4,10H2,1-3H3. The van der Waals surface area contributed by atoms with E-state index in [1.165, 1.54) is 4.88 Å². The summed E-state index contributed by atoms with van der Waals surface area (Å²) < 4.78 is 12.0. The van der Waals surface area contributed by atoms with Crippen LogP contribution in [0.15, 0.2) is 34.1 Å². The van der Waals surface area contributed by atoms with Crippen molar-refractivity contribution in [1.29, 1.82) is 0 Å². The van der Waals surface area contributed by atoms with Crippen molar-refractivity contribution in [1.82, 2.24) is 5.32 Å². The number of likely N-dealkylation sites (N-methyl/N-ethyl adjacent to an activating group) is 1. The van der Waals surface area contributed by atoms with Crippen molar-refractivity contribution < 1.29 is 9.47 Å². The molecular weight excluding hydrogens is 350 g/mol. The number of benzene rings is 1. The molecular formula is C16H20BrNO2S. The smallest absolute Gasteiger partial charge is 0.123 e. The van der Waals surface area contributed by atoms with Crippen LogP contribution in [0.4, 0.5) is 0 Å². The van der Waals surface area contributed by atoms with Crippen molar-refractivity contribution in [2.45, 2.75) is 19.4 Å². The average molecular weight is 370 g/mol. The zero-order chi connectivity index (χ0) is 15.2. The minimum Gasteiger partial charge on any atom is -0.497 e. The first-order chi connectivity index (χ1) is 10.2. The van der Waals surface area contributed by atoms with Crippen LogP contribution in [-0.4, -0.2) is 20.8 Å². The van der Waals surface area contributed by atoms with Crippen LogP contribution >= 0.6 is 27.3 Å². The van der Waals surface area contributed by atoms with Crippen LogP contribution in [0.5, 0.6) is 11.5 Å². The van der Waals surface area contributed by atoms with Gasteiger partial charge < -0.3 is 14.8 Å². The lowest BCUT2D eigenvalue weighted by Crippen LogP contribution is -2.23. The predicted molar refractivity (Wildman–Crippen MR) is 91.7 cm³/mol. The summed E-state index contributed by atoms with van der Waals surface area (Å²) >= 11 is 5.37. The van der Waals surface area contributed by atoms with E-state index < -0.39 is 0 Å². The molecule has 0 aliphatic rings. The first-order valence-corrected chi connectivity index (χ1v) is 8.54. The fourth-order valence-corrected chi connectivity index (χ4v) is 3.87. The molecule has 0 aliphatic heterocycles. The highest BCUT2D eigenvalue weighted by Gasteiger charge is 2.18. The van der Waals surface area contributed by atoms with Crippen molar-refractivity contribution in [2.24, 2.45) is 0 Å². The average Bonchev–Trinajstić information content (AvgIpc) is 2.91. The molecule has 0 radical (unpaired) electrons. The van der Waals surface area contributed by atoms with Crippen molar-refractivity contribution in [3.8, 4) is 11.5 Å². The molecule has 0 saturated heterocycles. The molecule has 114 valence electrons. The van der Waals surface area contributed by atoms with Gasteiger partial charge >= 0.3 is 0 Å². The van der Waals surface area contributed by atoms with Crippen LogP contribution in [-0.2, 0) is 6.42 Å². The monoisotopic (exact) mass is 369 g/mol. The van der Waals surface area contributed by atoms with Gasteiger partial charge in [0.15, 0.2) is 0 Å². The molecule has 2 rings (SSSR count). The Labute approximate surface area is 138 Å². The largest absolute Gasteiger partial charge is 0.497 e. The molecule has 21 heavy (non-hydrogen) atoms. The van der Waals surface area contributed by atoms with E-state index in [4.69, 9.17) is 9.47 Å². The number of hydrogen-bond acceptors (Lipinski definition) is 4. The highest BCUT2D eigenvalue weighted by Crippen LogP contribution is 2.34. The maximum absolute atomic E-state index is 5.52. The van der Waals surface area contributed by atoms with Gasteiger partial charge in [0.25, 0.3) is 0 Å². The number of ether oxygens (including phenoxy) is 2. The summed E-state index contributed by atoms with van der Waals surface area (Å²) in [7, 11) is 3.39. The molecule has 1 N–H and O–H groups in total. The van der Waals surface area contributed by atoms with E-state index in [2.05, 4.69) is 39.6 Å². The third-order valence-electron chi connectivity index (χ3n) is 3.34. The second-order valence-electron chi connectivity index (χ2n) is 4.61. The van der Waals surface area contributed by atoms with Crippen molar-refractivity contribution in [2.75, 3.05) is 20.8 Å². The van der Waals surface area contributed by atoms with E-state index in [1.807, 2.05) is 18.2 Å². The zero-order valence-corrected chi connectivity index (χ0v) is 14.9. The zero-order valence-electron chi connectivity index (χ0n) is 12.5. The van der Waals surface area contributed by atoms with Gasteiger partial charge in [-0.15, -0.1) is 11.3 Å². The number of hydrogen-bond donors (Lipinski definition) is 1. The van der Waals surface area contributed by atoms with Gasteiger partial charge in [0.05, 0.1) is 14.2 Å². The molecule has 1 aromatic heterocycles. The second kappa shape index (κ2) is 7.82. The van der Waals surface area contributed by atoms with E-state index >= 15 is 0 Å². The Hall–Kier alpha value is -1.04. The van der Waals surface area contributed by atoms with Crippen LogP contribution in [0.2, 0.25) is 0 Å². The fourth-order valence-electron chi connectivity index (χ4n) is 2.31. The van der Waals surface area contributed by atoms with E-state index in [0.717, 1.165) is 34.5 Å². The number of nitrogens with one attached hydrogen (secondary N) is 1. The molecule has 0 amide bonds. The molecule has 0 fully saturated rings. The van der Waals surface area contributed by atoms with Crippen LogP contribution in [0, 0.1) is 0 Å². The van der Waals surface area contributed by atoms with Gasteiger partial charge in [-0.25, -0.2) is 0 Å². The third-order valence-corrected chi connectivity index (χ3v) is 5.29. The highest BCUT2D eigenvalue weighted by atomic mass is 79.9. The Morgan fingerprint density at radius 1 is 1.24 bits per heavy atom. The molecule has 2 aromatic rings. The molecule has 5 heteroatoms. The molecule has 1 heterocycles. The Morgan fingerprint density at radius 3 is 2.62 bits per heavy atom. The number of thiophene rings is 1. The Bertz CT molecular complexity index is 585. The van der Waals surface area contributed by atoms with Crippen LogP contribution in [0.25, 0.3) is 0 Å². The molecule has 1 unspecified atom stereocenters. The minimum absolute atomic E-state index is 0.190. The first kappa shape index (κ1) is 16.3. The van der Waals surface area contributed by atoms with E-state index in [1.54, 1.807) is 25.6 Å². The Morgan fingerprint density at radius 2 is 2.05 bits per heavy atom. The number of methoxy groups -OCH3 is 2. The van der Waals surface area contributed by atoms with Gasteiger partial charge in [-0.05, 0) is 52.1 Å². The maximum atomic E-state index is 5.52. The summed E-state index contributed by atoms with van der Waals surface area (Å²) in [6.07, 6.45) is 0.912. The lowest BCUT2D eigenvalue weighted by atomic mass is 10.0.